The Kier molecular flexibility index (Phi) is 5.80. The molecular weight excluding hydrogens is 307 g/mol. The minimum absolute atomic E-state index is 0.0566. The summed E-state index contributed by atoms with van der Waals surface area (Å²) in [7, 11) is 0. The van der Waals surface area contributed by atoms with Gasteiger partial charge in [0.2, 0.25) is 5.91 Å². The quantitative estimate of drug-likeness (QED) is 0.823. The van der Waals surface area contributed by atoms with Crippen molar-refractivity contribution < 1.29 is 22.7 Å². The van der Waals surface area contributed by atoms with Gasteiger partial charge in [0.15, 0.2) is 0 Å². The first-order valence-corrected chi connectivity index (χ1v) is 6.78. The van der Waals surface area contributed by atoms with Crippen molar-refractivity contribution in [3.8, 4) is 5.75 Å². The summed E-state index contributed by atoms with van der Waals surface area (Å²) in [6.45, 7) is -2.63. The lowest BCUT2D eigenvalue weighted by Gasteiger charge is -2.06. The second-order valence-electron chi connectivity index (χ2n) is 4.63. The van der Waals surface area contributed by atoms with Crippen LogP contribution in [-0.4, -0.2) is 12.5 Å². The van der Waals surface area contributed by atoms with E-state index in [0.29, 0.717) is 5.56 Å². The van der Waals surface area contributed by atoms with Crippen LogP contribution in [0.4, 0.5) is 13.2 Å². The molecule has 0 radical (unpaired) electrons. The highest BCUT2D eigenvalue weighted by atomic mass is 19.3. The molecule has 1 amide bonds. The lowest BCUT2D eigenvalue weighted by atomic mass is 10.2. The summed E-state index contributed by atoms with van der Waals surface area (Å²) in [5, 5.41) is 2.64. The molecular formula is C17H14F3NO2. The van der Waals surface area contributed by atoms with Gasteiger partial charge in [0, 0.05) is 12.6 Å². The van der Waals surface area contributed by atoms with E-state index >= 15 is 0 Å². The van der Waals surface area contributed by atoms with E-state index in [2.05, 4.69) is 10.1 Å². The molecule has 6 heteroatoms. The molecule has 0 aliphatic heterocycles. The molecule has 120 valence electrons. The number of alkyl halides is 2. The SMILES string of the molecule is O=C(/C=C/c1cccc(F)c1)NCc1ccc(OC(F)F)cc1. The molecule has 2 rings (SSSR count). The third-order valence-electron chi connectivity index (χ3n) is 2.89. The van der Waals surface area contributed by atoms with Gasteiger partial charge in [-0.1, -0.05) is 24.3 Å². The van der Waals surface area contributed by atoms with E-state index in [9.17, 15) is 18.0 Å². The molecule has 0 aliphatic rings. The van der Waals surface area contributed by atoms with E-state index in [1.54, 1.807) is 24.3 Å². The van der Waals surface area contributed by atoms with Gasteiger partial charge in [0.1, 0.15) is 11.6 Å². The second kappa shape index (κ2) is 8.03. The van der Waals surface area contributed by atoms with Gasteiger partial charge in [-0.25, -0.2) is 4.39 Å². The Hall–Kier alpha value is -2.76. The number of ether oxygens (including phenoxy) is 1. The highest BCUT2D eigenvalue weighted by molar-refractivity contribution is 5.91. The number of benzene rings is 2. The fourth-order valence-corrected chi connectivity index (χ4v) is 1.82. The molecule has 2 aromatic carbocycles. The molecule has 0 heterocycles. The van der Waals surface area contributed by atoms with Crippen LogP contribution in [0.15, 0.2) is 54.6 Å². The smallest absolute Gasteiger partial charge is 0.387 e. The number of nitrogens with one attached hydrogen (secondary N) is 1. The van der Waals surface area contributed by atoms with E-state index < -0.39 is 6.61 Å². The van der Waals surface area contributed by atoms with Crippen LogP contribution in [0.2, 0.25) is 0 Å². The van der Waals surface area contributed by atoms with Crippen molar-refractivity contribution in [3.05, 3.63) is 71.6 Å². The molecule has 0 fully saturated rings. The Bertz CT molecular complexity index is 684. The van der Waals surface area contributed by atoms with E-state index in [0.717, 1.165) is 5.56 Å². The largest absolute Gasteiger partial charge is 0.435 e. The van der Waals surface area contributed by atoms with Gasteiger partial charge in [0.05, 0.1) is 0 Å². The monoisotopic (exact) mass is 321 g/mol. The van der Waals surface area contributed by atoms with Gasteiger partial charge in [-0.05, 0) is 41.5 Å². The minimum Gasteiger partial charge on any atom is -0.435 e. The Morgan fingerprint density at radius 2 is 1.91 bits per heavy atom. The van der Waals surface area contributed by atoms with Crippen molar-refractivity contribution in [1.29, 1.82) is 0 Å². The number of hydrogen-bond donors (Lipinski definition) is 1. The standard InChI is InChI=1S/C17H14F3NO2/c18-14-3-1-2-12(10-14)6-9-16(22)21-11-13-4-7-15(8-5-13)23-17(19)20/h1-10,17H,11H2,(H,21,22)/b9-6+. The topological polar surface area (TPSA) is 38.3 Å². The van der Waals surface area contributed by atoms with E-state index in [4.69, 9.17) is 0 Å². The molecule has 0 spiro atoms. The summed E-state index contributed by atoms with van der Waals surface area (Å²) in [6, 6.07) is 11.8. The second-order valence-corrected chi connectivity index (χ2v) is 4.63. The van der Waals surface area contributed by atoms with Gasteiger partial charge < -0.3 is 10.1 Å². The Balaban J connectivity index is 1.84. The number of amides is 1. The van der Waals surface area contributed by atoms with Crippen LogP contribution in [0.25, 0.3) is 6.08 Å². The predicted molar refractivity (Wildman–Crippen MR) is 80.4 cm³/mol. The van der Waals surface area contributed by atoms with Crippen LogP contribution >= 0.6 is 0 Å². The number of hydrogen-bond acceptors (Lipinski definition) is 2. The van der Waals surface area contributed by atoms with Crippen LogP contribution in [0, 0.1) is 5.82 Å². The molecule has 0 atom stereocenters. The lowest BCUT2D eigenvalue weighted by molar-refractivity contribution is -0.116. The van der Waals surface area contributed by atoms with Crippen molar-refractivity contribution in [3.63, 3.8) is 0 Å². The van der Waals surface area contributed by atoms with Crippen molar-refractivity contribution in [2.24, 2.45) is 0 Å². The first-order chi connectivity index (χ1) is 11.0. The van der Waals surface area contributed by atoms with Crippen LogP contribution in [0.3, 0.4) is 0 Å². The fraction of sp³-hybridized carbons (Fsp3) is 0.118. The normalized spacial score (nSPS) is 11.0. The summed E-state index contributed by atoms with van der Waals surface area (Å²) < 4.78 is 41.2. The van der Waals surface area contributed by atoms with Gasteiger partial charge in [0.25, 0.3) is 0 Å². The third-order valence-corrected chi connectivity index (χ3v) is 2.89. The van der Waals surface area contributed by atoms with Gasteiger partial charge in [-0.15, -0.1) is 0 Å². The van der Waals surface area contributed by atoms with Crippen molar-refractivity contribution in [2.45, 2.75) is 13.2 Å². The highest BCUT2D eigenvalue weighted by Crippen LogP contribution is 2.14. The molecule has 2 aromatic rings. The first kappa shape index (κ1) is 16.6. The molecule has 0 unspecified atom stereocenters. The predicted octanol–water partition coefficient (Wildman–Crippen LogP) is 3.76. The van der Waals surface area contributed by atoms with Crippen LogP contribution in [0.1, 0.15) is 11.1 Å². The maximum Gasteiger partial charge on any atom is 0.387 e. The zero-order chi connectivity index (χ0) is 16.7. The molecule has 3 nitrogen and oxygen atoms in total. The van der Waals surface area contributed by atoms with Gasteiger partial charge in [-0.2, -0.15) is 8.78 Å². The Morgan fingerprint density at radius 3 is 2.57 bits per heavy atom. The molecule has 1 N–H and O–H groups in total. The third kappa shape index (κ3) is 5.86. The van der Waals surface area contributed by atoms with Gasteiger partial charge in [-0.3, -0.25) is 4.79 Å². The summed E-state index contributed by atoms with van der Waals surface area (Å²) in [5.41, 5.74) is 1.31. The van der Waals surface area contributed by atoms with E-state index in [1.807, 2.05) is 0 Å². The molecule has 0 aliphatic carbocycles. The molecule has 0 saturated carbocycles. The summed E-state index contributed by atoms with van der Waals surface area (Å²) in [4.78, 5) is 11.7. The molecule has 23 heavy (non-hydrogen) atoms. The average molecular weight is 321 g/mol. The fourth-order valence-electron chi connectivity index (χ4n) is 1.82. The van der Waals surface area contributed by atoms with E-state index in [1.165, 1.54) is 36.4 Å². The average Bonchev–Trinajstić information content (AvgIpc) is 2.52. The van der Waals surface area contributed by atoms with Crippen molar-refractivity contribution >= 4 is 12.0 Å². The highest BCUT2D eigenvalue weighted by Gasteiger charge is 2.04. The number of halogens is 3. The summed E-state index contributed by atoms with van der Waals surface area (Å²) >= 11 is 0. The van der Waals surface area contributed by atoms with Crippen molar-refractivity contribution in [1.82, 2.24) is 5.32 Å². The van der Waals surface area contributed by atoms with Crippen LogP contribution in [0.5, 0.6) is 5.75 Å². The molecule has 0 bridgehead atoms. The van der Waals surface area contributed by atoms with Crippen LogP contribution < -0.4 is 10.1 Å². The number of rotatable bonds is 6. The molecule has 0 saturated heterocycles. The first-order valence-electron chi connectivity index (χ1n) is 6.78. The maximum atomic E-state index is 13.0. The van der Waals surface area contributed by atoms with E-state index in [-0.39, 0.29) is 24.0 Å². The zero-order valence-corrected chi connectivity index (χ0v) is 12.0. The summed E-state index contributed by atoms with van der Waals surface area (Å²) in [6.07, 6.45) is 2.79. The maximum absolute atomic E-state index is 13.0. The van der Waals surface area contributed by atoms with Crippen LogP contribution in [-0.2, 0) is 11.3 Å². The minimum atomic E-state index is -2.87. The Labute approximate surface area is 131 Å². The van der Waals surface area contributed by atoms with Crippen molar-refractivity contribution in [2.75, 3.05) is 0 Å². The summed E-state index contributed by atoms with van der Waals surface area (Å²) in [5.74, 6) is -0.665. The zero-order valence-electron chi connectivity index (χ0n) is 12.0. The Morgan fingerprint density at radius 1 is 1.17 bits per heavy atom. The molecule has 0 aromatic heterocycles. The lowest BCUT2D eigenvalue weighted by Crippen LogP contribution is -2.20. The number of carbonyl (C=O) groups excluding carboxylic acids is 1. The van der Waals surface area contributed by atoms with Gasteiger partial charge >= 0.3 is 6.61 Å². The number of carbonyl (C=O) groups is 1.